The van der Waals surface area contributed by atoms with Crippen molar-refractivity contribution in [2.45, 2.75) is 37.3 Å². The second kappa shape index (κ2) is 10.1. The number of piperidine rings is 1. The monoisotopic (exact) mass is 478 g/mol. The quantitative estimate of drug-likeness (QED) is 0.513. The summed E-state index contributed by atoms with van der Waals surface area (Å²) >= 11 is 1.32. The number of carbonyl (C=O) groups excluding carboxylic acids is 1. The van der Waals surface area contributed by atoms with Gasteiger partial charge in [0.25, 0.3) is 0 Å². The summed E-state index contributed by atoms with van der Waals surface area (Å²) in [6.45, 7) is 4.54. The number of rotatable bonds is 5. The third-order valence-corrected chi connectivity index (χ3v) is 7.23. The lowest BCUT2D eigenvalue weighted by molar-refractivity contribution is -0.131. The van der Waals surface area contributed by atoms with Crippen LogP contribution in [0.15, 0.2) is 23.6 Å². The first-order valence-electron chi connectivity index (χ1n) is 11.3. The highest BCUT2D eigenvalue weighted by Gasteiger charge is 2.42. The molecule has 3 fully saturated rings. The Balaban J connectivity index is 1.40. The van der Waals surface area contributed by atoms with Gasteiger partial charge in [-0.15, -0.1) is 11.3 Å². The van der Waals surface area contributed by atoms with E-state index in [0.717, 1.165) is 45.1 Å². The molecule has 0 saturated carbocycles. The van der Waals surface area contributed by atoms with Crippen molar-refractivity contribution in [3.8, 4) is 11.3 Å². The predicted molar refractivity (Wildman–Crippen MR) is 120 cm³/mol. The summed E-state index contributed by atoms with van der Waals surface area (Å²) in [5.74, 6) is -2.01. The number of hydrogen-bond acceptors (Lipinski definition) is 8. The summed E-state index contributed by atoms with van der Waals surface area (Å²) in [6.07, 6.45) is 1.46. The molecule has 3 unspecified atom stereocenters. The fourth-order valence-corrected chi connectivity index (χ4v) is 5.59. The Morgan fingerprint density at radius 3 is 2.70 bits per heavy atom. The van der Waals surface area contributed by atoms with Gasteiger partial charge in [0.1, 0.15) is 28.8 Å². The van der Waals surface area contributed by atoms with Crippen molar-refractivity contribution in [2.24, 2.45) is 0 Å². The van der Waals surface area contributed by atoms with Crippen molar-refractivity contribution in [3.05, 3.63) is 40.2 Å². The summed E-state index contributed by atoms with van der Waals surface area (Å²) in [7, 11) is 0. The molecule has 178 valence electrons. The highest BCUT2D eigenvalue weighted by atomic mass is 32.1. The number of halogens is 2. The molecule has 33 heavy (non-hydrogen) atoms. The van der Waals surface area contributed by atoms with Crippen LogP contribution >= 0.6 is 11.3 Å². The predicted octanol–water partition coefficient (Wildman–Crippen LogP) is 1.17. The van der Waals surface area contributed by atoms with E-state index < -0.39 is 17.6 Å². The van der Waals surface area contributed by atoms with Crippen molar-refractivity contribution in [1.29, 1.82) is 0 Å². The molecule has 0 radical (unpaired) electrons. The number of ether oxygens (including phenoxy) is 1. The minimum Gasteiger partial charge on any atom is -0.379 e. The van der Waals surface area contributed by atoms with Crippen LogP contribution in [0.3, 0.4) is 0 Å². The molecule has 0 spiro atoms. The number of hydrogen-bond donors (Lipinski definition) is 4. The average Bonchev–Trinajstić information content (AvgIpc) is 3.29. The second-order valence-electron chi connectivity index (χ2n) is 8.62. The van der Waals surface area contributed by atoms with Crippen molar-refractivity contribution in [3.63, 3.8) is 0 Å². The first-order valence-corrected chi connectivity index (χ1v) is 12.2. The Labute approximate surface area is 195 Å². The summed E-state index contributed by atoms with van der Waals surface area (Å²) in [5.41, 5.74) is 0.806. The zero-order valence-electron chi connectivity index (χ0n) is 18.2. The van der Waals surface area contributed by atoms with Gasteiger partial charge in [0.2, 0.25) is 5.91 Å². The number of thiazole rings is 1. The fraction of sp³-hybridized carbons (Fsp3) is 0.545. The van der Waals surface area contributed by atoms with Gasteiger partial charge in [0.05, 0.1) is 25.1 Å². The second-order valence-corrected chi connectivity index (χ2v) is 9.51. The van der Waals surface area contributed by atoms with Crippen LogP contribution in [0.25, 0.3) is 11.3 Å². The number of benzene rings is 1. The van der Waals surface area contributed by atoms with E-state index in [0.29, 0.717) is 29.5 Å². The maximum absolute atomic E-state index is 13.7. The molecule has 0 aliphatic carbocycles. The third-order valence-electron chi connectivity index (χ3n) is 6.30. The molecule has 3 saturated heterocycles. The van der Waals surface area contributed by atoms with Crippen LogP contribution in [0.2, 0.25) is 0 Å². The molecule has 1 aromatic carbocycles. The first-order chi connectivity index (χ1) is 16.1. The molecule has 4 N–H and O–H groups in total. The summed E-state index contributed by atoms with van der Waals surface area (Å²) in [6, 6.07) is 3.56. The highest BCUT2D eigenvalue weighted by Crippen LogP contribution is 2.31. The van der Waals surface area contributed by atoms with Gasteiger partial charge in [-0.1, -0.05) is 0 Å². The Morgan fingerprint density at radius 2 is 1.97 bits per heavy atom. The highest BCUT2D eigenvalue weighted by molar-refractivity contribution is 7.10. The molecular weight excluding hydrogens is 450 g/mol. The van der Waals surface area contributed by atoms with Crippen molar-refractivity contribution >= 4 is 17.2 Å². The zero-order chi connectivity index (χ0) is 22.8. The Bertz CT molecular complexity index is 959. The van der Waals surface area contributed by atoms with Crippen LogP contribution in [0.1, 0.15) is 23.8 Å². The number of carbonyl (C=O) groups is 1. The van der Waals surface area contributed by atoms with E-state index in [1.807, 2.05) is 0 Å². The van der Waals surface area contributed by atoms with Gasteiger partial charge in [0, 0.05) is 42.7 Å². The minimum absolute atomic E-state index is 0.127. The van der Waals surface area contributed by atoms with Gasteiger partial charge in [-0.25, -0.2) is 13.8 Å². The Kier molecular flexibility index (Phi) is 6.95. The number of nitrogens with one attached hydrogen (secondary N) is 4. The van der Waals surface area contributed by atoms with Crippen LogP contribution in [0, 0.1) is 11.6 Å². The van der Waals surface area contributed by atoms with E-state index in [2.05, 4.69) is 31.2 Å². The van der Waals surface area contributed by atoms with E-state index in [1.54, 1.807) is 5.38 Å². The normalized spacial score (nSPS) is 29.1. The average molecular weight is 479 g/mol. The van der Waals surface area contributed by atoms with Crippen molar-refractivity contribution in [1.82, 2.24) is 31.2 Å². The molecule has 11 heteroatoms. The topological polar surface area (TPSA) is 90.6 Å². The van der Waals surface area contributed by atoms with Crippen LogP contribution in [0.4, 0.5) is 8.78 Å². The molecular formula is C22H28F2N6O2S. The molecule has 4 atom stereocenters. The molecule has 3 aliphatic rings. The SMILES string of the molecule is O=C1NC(N2CCOCC2)NC(N[C@@H]2CCCNC2)C1c1nc(-c2cc(F)cc(F)c2)cs1. The Hall–Kier alpha value is -2.02. The van der Waals surface area contributed by atoms with Crippen LogP contribution in [-0.4, -0.2) is 73.7 Å². The molecule has 1 aromatic heterocycles. The third kappa shape index (κ3) is 5.23. The number of amides is 1. The fourth-order valence-electron chi connectivity index (χ4n) is 4.63. The van der Waals surface area contributed by atoms with Crippen molar-refractivity contribution in [2.75, 3.05) is 39.4 Å². The van der Waals surface area contributed by atoms with E-state index in [9.17, 15) is 13.6 Å². The Morgan fingerprint density at radius 1 is 1.18 bits per heavy atom. The lowest BCUT2D eigenvalue weighted by Crippen LogP contribution is -2.71. The van der Waals surface area contributed by atoms with Gasteiger partial charge in [0.15, 0.2) is 0 Å². The molecule has 3 aliphatic heterocycles. The summed E-state index contributed by atoms with van der Waals surface area (Å²) in [5, 5.41) is 16.0. The van der Waals surface area contributed by atoms with Gasteiger partial charge in [-0.2, -0.15) is 0 Å². The van der Waals surface area contributed by atoms with Crippen LogP contribution in [-0.2, 0) is 9.53 Å². The smallest absolute Gasteiger partial charge is 0.235 e. The van der Waals surface area contributed by atoms with Gasteiger partial charge >= 0.3 is 0 Å². The summed E-state index contributed by atoms with van der Waals surface area (Å²) < 4.78 is 32.9. The minimum atomic E-state index is -0.658. The van der Waals surface area contributed by atoms with Gasteiger partial charge in [-0.05, 0) is 31.5 Å². The number of morpholine rings is 1. The van der Waals surface area contributed by atoms with Gasteiger partial charge in [-0.3, -0.25) is 20.3 Å². The first kappa shape index (κ1) is 22.8. The van der Waals surface area contributed by atoms with Crippen LogP contribution in [0.5, 0.6) is 0 Å². The molecule has 8 nitrogen and oxygen atoms in total. The van der Waals surface area contributed by atoms with Crippen molar-refractivity contribution < 1.29 is 18.3 Å². The van der Waals surface area contributed by atoms with Crippen LogP contribution < -0.4 is 21.3 Å². The van der Waals surface area contributed by atoms with E-state index in [4.69, 9.17) is 4.74 Å². The summed E-state index contributed by atoms with van der Waals surface area (Å²) in [4.78, 5) is 20.1. The molecule has 2 aromatic rings. The number of aromatic nitrogens is 1. The molecule has 1 amide bonds. The lowest BCUT2D eigenvalue weighted by Gasteiger charge is -2.44. The maximum atomic E-state index is 13.7. The lowest BCUT2D eigenvalue weighted by atomic mass is 10.00. The molecule has 5 rings (SSSR count). The number of nitrogens with zero attached hydrogens (tertiary/aromatic N) is 2. The zero-order valence-corrected chi connectivity index (χ0v) is 19.0. The van der Waals surface area contributed by atoms with E-state index in [1.165, 1.54) is 23.5 Å². The van der Waals surface area contributed by atoms with E-state index in [-0.39, 0.29) is 24.4 Å². The standard InChI is InChI=1S/C22H28F2N6O2S/c23-14-8-13(9-15(24)10-14)17-12-33-21(27-17)18-19(26-16-2-1-3-25-11-16)28-22(29-20(18)31)30-4-6-32-7-5-30/h8-10,12,16,18-19,22,25-26,28H,1-7,11H2,(H,29,31)/t16-,18?,19?,22?/m1/s1. The maximum Gasteiger partial charge on any atom is 0.235 e. The largest absolute Gasteiger partial charge is 0.379 e. The van der Waals surface area contributed by atoms with Gasteiger partial charge < -0.3 is 15.4 Å². The molecule has 0 bridgehead atoms. The van der Waals surface area contributed by atoms with E-state index >= 15 is 0 Å². The molecule has 4 heterocycles.